The first-order valence-electron chi connectivity index (χ1n) is 13.8. The summed E-state index contributed by atoms with van der Waals surface area (Å²) in [6, 6.07) is 22.6. The minimum absolute atomic E-state index is 0.0270. The second kappa shape index (κ2) is 10.7. The summed E-state index contributed by atoms with van der Waals surface area (Å²) in [5, 5.41) is 3.02. The Balaban J connectivity index is 1.39. The molecule has 1 aromatic heterocycles. The third kappa shape index (κ3) is 4.90. The molecule has 6 rings (SSSR count). The van der Waals surface area contributed by atoms with Gasteiger partial charge in [0.05, 0.1) is 31.3 Å². The molecule has 3 amide bonds. The van der Waals surface area contributed by atoms with Crippen LogP contribution in [0, 0.1) is 13.8 Å². The summed E-state index contributed by atoms with van der Waals surface area (Å²) in [5.41, 5.74) is 6.35. The molecule has 1 atom stereocenters. The lowest BCUT2D eigenvalue weighted by Gasteiger charge is -2.40. The first-order valence-corrected chi connectivity index (χ1v) is 13.8. The van der Waals surface area contributed by atoms with Crippen LogP contribution in [0.5, 0.6) is 11.5 Å². The molecule has 210 valence electrons. The van der Waals surface area contributed by atoms with E-state index in [0.29, 0.717) is 11.5 Å². The number of anilines is 2. The van der Waals surface area contributed by atoms with Gasteiger partial charge in [0.25, 0.3) is 0 Å². The number of carbonyl (C=O) groups is 2. The van der Waals surface area contributed by atoms with Gasteiger partial charge in [-0.15, -0.1) is 0 Å². The van der Waals surface area contributed by atoms with E-state index in [1.807, 2.05) is 92.8 Å². The fourth-order valence-corrected chi connectivity index (χ4v) is 5.60. The van der Waals surface area contributed by atoms with Crippen molar-refractivity contribution in [1.82, 2.24) is 9.47 Å². The van der Waals surface area contributed by atoms with Crippen LogP contribution in [0.2, 0.25) is 0 Å². The first-order chi connectivity index (χ1) is 19.9. The third-order valence-corrected chi connectivity index (χ3v) is 8.03. The van der Waals surface area contributed by atoms with Crippen molar-refractivity contribution in [1.29, 1.82) is 0 Å². The molecule has 1 fully saturated rings. The maximum absolute atomic E-state index is 14.5. The van der Waals surface area contributed by atoms with Crippen molar-refractivity contribution in [3.63, 3.8) is 0 Å². The van der Waals surface area contributed by atoms with E-state index in [2.05, 4.69) is 9.88 Å². The number of benzene rings is 3. The number of nitrogens with zero attached hydrogens (tertiary/aromatic N) is 3. The van der Waals surface area contributed by atoms with Crippen LogP contribution in [0.4, 0.5) is 16.2 Å². The summed E-state index contributed by atoms with van der Waals surface area (Å²) >= 11 is 0. The molecule has 1 saturated carbocycles. The zero-order valence-corrected chi connectivity index (χ0v) is 23.8. The maximum atomic E-state index is 14.5. The molecule has 8 heteroatoms. The van der Waals surface area contributed by atoms with Gasteiger partial charge in [0.1, 0.15) is 24.1 Å². The van der Waals surface area contributed by atoms with Crippen molar-refractivity contribution in [2.75, 3.05) is 31.0 Å². The second-order valence-electron chi connectivity index (χ2n) is 10.7. The van der Waals surface area contributed by atoms with Crippen LogP contribution in [0.15, 0.2) is 79.0 Å². The zero-order valence-electron chi connectivity index (χ0n) is 23.8. The number of para-hydroxylation sites is 2. The van der Waals surface area contributed by atoms with Gasteiger partial charge < -0.3 is 24.3 Å². The molecule has 8 nitrogen and oxygen atoms in total. The van der Waals surface area contributed by atoms with Gasteiger partial charge in [-0.2, -0.15) is 0 Å². The molecule has 41 heavy (non-hydrogen) atoms. The number of aryl methyl sites for hydroxylation is 2. The number of fused-ring (bicyclic) bond motifs is 3. The van der Waals surface area contributed by atoms with E-state index >= 15 is 0 Å². The molecule has 0 spiro atoms. The van der Waals surface area contributed by atoms with E-state index in [-0.39, 0.29) is 24.5 Å². The minimum atomic E-state index is -0.499. The third-order valence-electron chi connectivity index (χ3n) is 8.03. The largest absolute Gasteiger partial charge is 0.497 e. The first kappa shape index (κ1) is 26.5. The number of rotatable bonds is 7. The van der Waals surface area contributed by atoms with E-state index < -0.39 is 6.04 Å². The number of amides is 3. The van der Waals surface area contributed by atoms with Crippen molar-refractivity contribution in [3.05, 3.63) is 101 Å². The maximum Gasteiger partial charge on any atom is 0.322 e. The molecule has 3 aromatic carbocycles. The van der Waals surface area contributed by atoms with Crippen molar-refractivity contribution in [2.45, 2.75) is 38.8 Å². The highest BCUT2D eigenvalue weighted by molar-refractivity contribution is 6.01. The monoisotopic (exact) mass is 550 g/mol. The second-order valence-corrected chi connectivity index (χ2v) is 10.7. The molecule has 2 heterocycles. The predicted molar refractivity (Wildman–Crippen MR) is 159 cm³/mol. The normalized spacial score (nSPS) is 15.5. The van der Waals surface area contributed by atoms with E-state index in [9.17, 15) is 9.59 Å². The van der Waals surface area contributed by atoms with Crippen molar-refractivity contribution in [2.24, 2.45) is 0 Å². The fraction of sp³-hybridized carbons (Fsp3) is 0.273. The lowest BCUT2D eigenvalue weighted by Crippen LogP contribution is -2.48. The fourth-order valence-electron chi connectivity index (χ4n) is 5.60. The molecule has 1 unspecified atom stereocenters. The topological polar surface area (TPSA) is 76.0 Å². The molecular formula is C33H34N4O4. The average Bonchev–Trinajstić information content (AvgIpc) is 3.71. The Labute approximate surface area is 240 Å². The van der Waals surface area contributed by atoms with Gasteiger partial charge in [-0.25, -0.2) is 4.79 Å². The van der Waals surface area contributed by atoms with Crippen LogP contribution >= 0.6 is 0 Å². The van der Waals surface area contributed by atoms with Gasteiger partial charge >= 0.3 is 6.03 Å². The number of ether oxygens (including phenoxy) is 2. The van der Waals surface area contributed by atoms with E-state index in [4.69, 9.17) is 9.47 Å². The van der Waals surface area contributed by atoms with E-state index in [1.54, 1.807) is 24.0 Å². The Hall–Kier alpha value is -4.72. The number of hydrogen-bond acceptors (Lipinski definition) is 4. The number of hydrogen-bond donors (Lipinski definition) is 1. The minimum Gasteiger partial charge on any atom is -0.497 e. The zero-order chi connectivity index (χ0) is 28.7. The van der Waals surface area contributed by atoms with Gasteiger partial charge in [-0.1, -0.05) is 18.2 Å². The molecule has 0 bridgehead atoms. The molecule has 0 saturated heterocycles. The molecule has 4 aromatic rings. The Morgan fingerprint density at radius 3 is 2.39 bits per heavy atom. The number of urea groups is 1. The smallest absolute Gasteiger partial charge is 0.322 e. The van der Waals surface area contributed by atoms with E-state index in [1.165, 1.54) is 0 Å². The highest BCUT2D eigenvalue weighted by Gasteiger charge is 2.41. The number of aromatic nitrogens is 1. The van der Waals surface area contributed by atoms with Gasteiger partial charge in [0, 0.05) is 23.5 Å². The summed E-state index contributed by atoms with van der Waals surface area (Å²) < 4.78 is 13.4. The van der Waals surface area contributed by atoms with Gasteiger partial charge in [0.2, 0.25) is 5.91 Å². The number of methoxy groups -OCH3 is 2. The van der Waals surface area contributed by atoms with Gasteiger partial charge in [0.15, 0.2) is 0 Å². The highest BCUT2D eigenvalue weighted by Crippen LogP contribution is 2.45. The summed E-state index contributed by atoms with van der Waals surface area (Å²) in [6.45, 7) is 4.00. The van der Waals surface area contributed by atoms with Crippen LogP contribution in [-0.2, 0) is 4.79 Å². The molecule has 0 radical (unpaired) electrons. The summed E-state index contributed by atoms with van der Waals surface area (Å²) in [7, 11) is 3.24. The summed E-state index contributed by atoms with van der Waals surface area (Å²) in [5.74, 6) is 1.13. The molecular weight excluding hydrogens is 516 g/mol. The van der Waals surface area contributed by atoms with E-state index in [0.717, 1.165) is 52.3 Å². The summed E-state index contributed by atoms with van der Waals surface area (Å²) in [4.78, 5) is 31.5. The standard InChI is InChI=1S/C33H34N4O4/c1-21-11-12-23(18-22(21)2)34-33(39)36(24-13-14-24)20-31(38)37-28-9-6-5-8-27(28)35-17-7-10-29(35)32(37)26-19-25(40-3)15-16-30(26)41-4/h5-12,15-19,24,32H,13-14,20H2,1-4H3,(H,34,39). The molecule has 1 aliphatic heterocycles. The lowest BCUT2D eigenvalue weighted by molar-refractivity contribution is -0.119. The quantitative estimate of drug-likeness (QED) is 0.295. The van der Waals surface area contributed by atoms with Crippen molar-refractivity contribution < 1.29 is 19.1 Å². The van der Waals surface area contributed by atoms with Crippen LogP contribution in [-0.4, -0.2) is 48.2 Å². The number of nitrogens with one attached hydrogen (secondary N) is 1. The highest BCUT2D eigenvalue weighted by atomic mass is 16.5. The molecule has 1 aliphatic carbocycles. The Bertz CT molecular complexity index is 1620. The average molecular weight is 551 g/mol. The van der Waals surface area contributed by atoms with Crippen molar-refractivity contribution in [3.8, 4) is 17.2 Å². The Kier molecular flexibility index (Phi) is 6.91. The van der Waals surface area contributed by atoms with Crippen LogP contribution in [0.25, 0.3) is 5.69 Å². The molecule has 1 N–H and O–H groups in total. The SMILES string of the molecule is COc1ccc(OC)c(C2c3cccn3-c3ccccc3N2C(=O)CN(C(=O)Nc2ccc(C)c(C)c2)C2CC2)c1. The van der Waals surface area contributed by atoms with Crippen molar-refractivity contribution >= 4 is 23.3 Å². The van der Waals surface area contributed by atoms with Gasteiger partial charge in [-0.05, 0) is 92.4 Å². The van der Waals surface area contributed by atoms with Crippen LogP contribution in [0.1, 0.15) is 41.3 Å². The Morgan fingerprint density at radius 2 is 1.68 bits per heavy atom. The Morgan fingerprint density at radius 1 is 0.902 bits per heavy atom. The summed E-state index contributed by atoms with van der Waals surface area (Å²) in [6.07, 6.45) is 3.75. The molecule has 2 aliphatic rings. The van der Waals surface area contributed by atoms with Gasteiger partial charge in [-0.3, -0.25) is 9.69 Å². The predicted octanol–water partition coefficient (Wildman–Crippen LogP) is 6.24. The van der Waals surface area contributed by atoms with Crippen LogP contribution in [0.3, 0.4) is 0 Å². The lowest BCUT2D eigenvalue weighted by atomic mass is 9.96. The van der Waals surface area contributed by atoms with Crippen LogP contribution < -0.4 is 19.7 Å². The number of carbonyl (C=O) groups excluding carboxylic acids is 2.